The van der Waals surface area contributed by atoms with Crippen molar-refractivity contribution >= 4 is 23.2 Å². The minimum atomic E-state index is -1.25. The highest BCUT2D eigenvalue weighted by Crippen LogP contribution is 2.40. The van der Waals surface area contributed by atoms with E-state index in [1.165, 1.54) is 25.3 Å². The van der Waals surface area contributed by atoms with Crippen molar-refractivity contribution in [3.8, 4) is 23.0 Å². The molecule has 1 heterocycles. The van der Waals surface area contributed by atoms with Crippen LogP contribution in [0.2, 0.25) is 10.0 Å². The third-order valence-corrected chi connectivity index (χ3v) is 2.98. The molecule has 1 aromatic carbocycles. The second-order valence-corrected chi connectivity index (χ2v) is 4.34. The van der Waals surface area contributed by atoms with Crippen LogP contribution in [0.25, 0.3) is 0 Å². The van der Waals surface area contributed by atoms with Gasteiger partial charge in [0.2, 0.25) is 11.9 Å². The SMILES string of the molecule is COc1ccc(Oc2c(Cl)c(F)nc(F)c2Cl)cc1O. The van der Waals surface area contributed by atoms with Crippen LogP contribution in [0.1, 0.15) is 0 Å². The summed E-state index contributed by atoms with van der Waals surface area (Å²) in [4.78, 5) is 2.87. The Morgan fingerprint density at radius 1 is 1.15 bits per heavy atom. The van der Waals surface area contributed by atoms with E-state index in [2.05, 4.69) is 4.98 Å². The van der Waals surface area contributed by atoms with Gasteiger partial charge in [0.25, 0.3) is 0 Å². The normalized spacial score (nSPS) is 10.4. The highest BCUT2D eigenvalue weighted by molar-refractivity contribution is 6.37. The average molecular weight is 322 g/mol. The molecule has 0 radical (unpaired) electrons. The minimum absolute atomic E-state index is 0.0668. The Morgan fingerprint density at radius 3 is 2.25 bits per heavy atom. The molecule has 1 aromatic heterocycles. The van der Waals surface area contributed by atoms with Gasteiger partial charge in [0.1, 0.15) is 15.8 Å². The number of hydrogen-bond donors (Lipinski definition) is 1. The zero-order chi connectivity index (χ0) is 14.9. The van der Waals surface area contributed by atoms with Gasteiger partial charge in [0.15, 0.2) is 17.2 Å². The zero-order valence-corrected chi connectivity index (χ0v) is 11.5. The molecule has 0 aliphatic heterocycles. The molecule has 106 valence electrons. The van der Waals surface area contributed by atoms with Crippen molar-refractivity contribution in [3.05, 3.63) is 40.1 Å². The number of nitrogens with zero attached hydrogens (tertiary/aromatic N) is 1. The quantitative estimate of drug-likeness (QED) is 0.862. The second-order valence-electron chi connectivity index (χ2n) is 3.59. The molecule has 0 unspecified atom stereocenters. The van der Waals surface area contributed by atoms with E-state index in [0.717, 1.165) is 0 Å². The Hall–Kier alpha value is -1.79. The molecular weight excluding hydrogens is 315 g/mol. The number of methoxy groups -OCH3 is 1. The summed E-state index contributed by atoms with van der Waals surface area (Å²) in [5, 5.41) is 8.46. The largest absolute Gasteiger partial charge is 0.504 e. The molecule has 2 rings (SSSR count). The number of rotatable bonds is 3. The number of phenolic OH excluding ortho intramolecular Hbond substituents is 1. The van der Waals surface area contributed by atoms with Crippen LogP contribution in [0.3, 0.4) is 0 Å². The fraction of sp³-hybridized carbons (Fsp3) is 0.0833. The van der Waals surface area contributed by atoms with Gasteiger partial charge in [-0.15, -0.1) is 0 Å². The first-order valence-corrected chi connectivity index (χ1v) is 5.94. The molecule has 1 N–H and O–H groups in total. The zero-order valence-electron chi connectivity index (χ0n) is 9.95. The number of ether oxygens (including phenoxy) is 2. The highest BCUT2D eigenvalue weighted by Gasteiger charge is 2.20. The van der Waals surface area contributed by atoms with Gasteiger partial charge in [-0.3, -0.25) is 0 Å². The van der Waals surface area contributed by atoms with E-state index in [9.17, 15) is 13.9 Å². The van der Waals surface area contributed by atoms with Gasteiger partial charge in [0, 0.05) is 6.07 Å². The van der Waals surface area contributed by atoms with Crippen LogP contribution in [-0.4, -0.2) is 17.2 Å². The number of hydrogen-bond acceptors (Lipinski definition) is 4. The lowest BCUT2D eigenvalue weighted by Gasteiger charge is -2.11. The van der Waals surface area contributed by atoms with Crippen LogP contribution < -0.4 is 9.47 Å². The van der Waals surface area contributed by atoms with Crippen molar-refractivity contribution in [2.24, 2.45) is 0 Å². The van der Waals surface area contributed by atoms with Crippen LogP contribution in [0, 0.1) is 11.9 Å². The summed E-state index contributed by atoms with van der Waals surface area (Å²) in [6.45, 7) is 0. The molecule has 0 amide bonds. The molecule has 0 fully saturated rings. The molecule has 20 heavy (non-hydrogen) atoms. The number of phenols is 1. The summed E-state index contributed by atoms with van der Waals surface area (Å²) in [7, 11) is 1.37. The van der Waals surface area contributed by atoms with Gasteiger partial charge >= 0.3 is 0 Å². The Morgan fingerprint density at radius 2 is 1.75 bits per heavy atom. The van der Waals surface area contributed by atoms with Crippen LogP contribution in [-0.2, 0) is 0 Å². The average Bonchev–Trinajstić information content (AvgIpc) is 2.41. The molecular formula is C12H7Cl2F2NO3. The molecule has 2 aromatic rings. The van der Waals surface area contributed by atoms with Gasteiger partial charge < -0.3 is 14.6 Å². The van der Waals surface area contributed by atoms with Gasteiger partial charge in [-0.1, -0.05) is 23.2 Å². The van der Waals surface area contributed by atoms with Gasteiger partial charge in [-0.05, 0) is 12.1 Å². The van der Waals surface area contributed by atoms with E-state index in [-0.39, 0.29) is 17.2 Å². The highest BCUT2D eigenvalue weighted by atomic mass is 35.5. The van der Waals surface area contributed by atoms with E-state index < -0.39 is 27.7 Å². The molecule has 0 spiro atoms. The van der Waals surface area contributed by atoms with Crippen molar-refractivity contribution in [3.63, 3.8) is 0 Å². The molecule has 0 aliphatic rings. The maximum Gasteiger partial charge on any atom is 0.238 e. The smallest absolute Gasteiger partial charge is 0.238 e. The van der Waals surface area contributed by atoms with Crippen LogP contribution in [0.5, 0.6) is 23.0 Å². The van der Waals surface area contributed by atoms with E-state index in [4.69, 9.17) is 32.7 Å². The standard InChI is InChI=1S/C12H7Cl2F2NO3/c1-19-7-3-2-5(4-6(7)18)20-10-8(13)11(15)17-12(16)9(10)14/h2-4,18H,1H3. The molecule has 0 saturated heterocycles. The fourth-order valence-electron chi connectivity index (χ4n) is 1.41. The third-order valence-electron chi connectivity index (χ3n) is 2.33. The lowest BCUT2D eigenvalue weighted by Crippen LogP contribution is -1.96. The Bertz CT molecular complexity index is 641. The number of aromatic hydroxyl groups is 1. The minimum Gasteiger partial charge on any atom is -0.504 e. The summed E-state index contributed by atoms with van der Waals surface area (Å²) in [5.74, 6) is -2.86. The number of aromatic nitrogens is 1. The first-order chi connectivity index (χ1) is 9.43. The summed E-state index contributed by atoms with van der Waals surface area (Å²) < 4.78 is 36.5. The van der Waals surface area contributed by atoms with Gasteiger partial charge in [-0.2, -0.15) is 13.8 Å². The number of pyridine rings is 1. The molecule has 8 heteroatoms. The molecule has 0 aliphatic carbocycles. The summed E-state index contributed by atoms with van der Waals surface area (Å²) in [5.41, 5.74) is 0. The number of benzene rings is 1. The summed E-state index contributed by atoms with van der Waals surface area (Å²) in [6, 6.07) is 3.99. The number of halogens is 4. The lowest BCUT2D eigenvalue weighted by molar-refractivity contribution is 0.370. The van der Waals surface area contributed by atoms with Crippen molar-refractivity contribution in [1.82, 2.24) is 4.98 Å². The summed E-state index contributed by atoms with van der Waals surface area (Å²) >= 11 is 11.2. The fourth-order valence-corrected chi connectivity index (χ4v) is 1.81. The van der Waals surface area contributed by atoms with Crippen molar-refractivity contribution in [2.75, 3.05) is 7.11 Å². The van der Waals surface area contributed by atoms with E-state index in [0.29, 0.717) is 0 Å². The van der Waals surface area contributed by atoms with E-state index >= 15 is 0 Å². The Balaban J connectivity index is 2.42. The van der Waals surface area contributed by atoms with Crippen LogP contribution in [0.4, 0.5) is 8.78 Å². The molecule has 0 bridgehead atoms. The summed E-state index contributed by atoms with van der Waals surface area (Å²) in [6.07, 6.45) is 0. The topological polar surface area (TPSA) is 51.6 Å². The molecule has 0 atom stereocenters. The molecule has 4 nitrogen and oxygen atoms in total. The van der Waals surface area contributed by atoms with Gasteiger partial charge in [0.05, 0.1) is 7.11 Å². The first-order valence-electron chi connectivity index (χ1n) is 5.19. The maximum absolute atomic E-state index is 13.2. The Labute approximate surface area is 122 Å². The first kappa shape index (κ1) is 14.6. The maximum atomic E-state index is 13.2. The monoisotopic (exact) mass is 321 g/mol. The van der Waals surface area contributed by atoms with Crippen LogP contribution >= 0.6 is 23.2 Å². The third kappa shape index (κ3) is 2.71. The Kier molecular flexibility index (Phi) is 4.15. The van der Waals surface area contributed by atoms with Crippen LogP contribution in [0.15, 0.2) is 18.2 Å². The lowest BCUT2D eigenvalue weighted by atomic mass is 10.3. The van der Waals surface area contributed by atoms with Crippen molar-refractivity contribution in [2.45, 2.75) is 0 Å². The van der Waals surface area contributed by atoms with Crippen molar-refractivity contribution < 1.29 is 23.4 Å². The van der Waals surface area contributed by atoms with Crippen molar-refractivity contribution in [1.29, 1.82) is 0 Å². The second kappa shape index (κ2) is 5.68. The van der Waals surface area contributed by atoms with Gasteiger partial charge in [-0.25, -0.2) is 0 Å². The predicted octanol–water partition coefficient (Wildman–Crippen LogP) is 4.17. The van der Waals surface area contributed by atoms with E-state index in [1.54, 1.807) is 0 Å². The predicted molar refractivity (Wildman–Crippen MR) is 68.9 cm³/mol. The van der Waals surface area contributed by atoms with E-state index in [1.807, 2.05) is 0 Å². The molecule has 0 saturated carbocycles.